The van der Waals surface area contributed by atoms with Crippen molar-refractivity contribution >= 4 is 44.6 Å². The SMILES string of the molecule is CCN(CC)C(C)Cn1ccc2cc(-c3cc(Nc4ccc(NS(=O)(=O)c5ccc(C)cc5F)cc4)ncn3)ccc21.O=CO. The predicted octanol–water partition coefficient (Wildman–Crippen LogP) is 6.52. The average Bonchev–Trinajstić information content (AvgIpc) is 3.40. The van der Waals surface area contributed by atoms with Gasteiger partial charge in [0.1, 0.15) is 22.9 Å². The molecule has 45 heavy (non-hydrogen) atoms. The van der Waals surface area contributed by atoms with Crippen LogP contribution in [0.25, 0.3) is 22.2 Å². The van der Waals surface area contributed by atoms with Crippen LogP contribution in [-0.2, 0) is 21.4 Å². The van der Waals surface area contributed by atoms with E-state index in [1.54, 1.807) is 37.3 Å². The fraction of sp³-hybridized carbons (Fsp3) is 0.242. The summed E-state index contributed by atoms with van der Waals surface area (Å²) in [6.45, 7) is 11.1. The van der Waals surface area contributed by atoms with Gasteiger partial charge in [0.15, 0.2) is 0 Å². The van der Waals surface area contributed by atoms with Crippen molar-refractivity contribution in [3.05, 3.63) is 96.7 Å². The third kappa shape index (κ3) is 8.22. The second-order valence-electron chi connectivity index (χ2n) is 10.4. The smallest absolute Gasteiger partial charge is 0.290 e. The summed E-state index contributed by atoms with van der Waals surface area (Å²) in [5.74, 6) is -0.192. The number of sulfonamides is 1. The molecule has 236 valence electrons. The fourth-order valence-corrected chi connectivity index (χ4v) is 6.27. The zero-order valence-electron chi connectivity index (χ0n) is 25.6. The van der Waals surface area contributed by atoms with Crippen LogP contribution in [0, 0.1) is 12.7 Å². The summed E-state index contributed by atoms with van der Waals surface area (Å²) in [5, 5.41) is 11.3. The Kier molecular flexibility index (Phi) is 10.9. The first-order chi connectivity index (χ1) is 21.6. The predicted molar refractivity (Wildman–Crippen MR) is 176 cm³/mol. The molecule has 12 heteroatoms. The highest BCUT2D eigenvalue weighted by Crippen LogP contribution is 2.27. The van der Waals surface area contributed by atoms with Gasteiger partial charge < -0.3 is 15.0 Å². The molecule has 0 spiro atoms. The van der Waals surface area contributed by atoms with Crippen LogP contribution < -0.4 is 10.0 Å². The van der Waals surface area contributed by atoms with E-state index in [0.717, 1.165) is 36.3 Å². The Morgan fingerprint density at radius 1 is 0.978 bits per heavy atom. The molecule has 2 heterocycles. The number of likely N-dealkylation sites (N-methyl/N-ethyl adjacent to an activating group) is 1. The van der Waals surface area contributed by atoms with Crippen molar-refractivity contribution < 1.29 is 22.7 Å². The molecule has 2 aromatic heterocycles. The average molecular weight is 633 g/mol. The molecule has 0 aliphatic carbocycles. The summed E-state index contributed by atoms with van der Waals surface area (Å²) in [6, 6.07) is 21.5. The molecule has 0 saturated carbocycles. The number of aromatic nitrogens is 3. The number of carbonyl (C=O) groups is 1. The van der Waals surface area contributed by atoms with Crippen LogP contribution in [0.4, 0.5) is 21.6 Å². The van der Waals surface area contributed by atoms with E-state index in [-0.39, 0.29) is 6.47 Å². The second kappa shape index (κ2) is 14.8. The van der Waals surface area contributed by atoms with Crippen LogP contribution in [-0.4, -0.2) is 58.6 Å². The van der Waals surface area contributed by atoms with Gasteiger partial charge in [-0.25, -0.2) is 22.8 Å². The first-order valence-electron chi connectivity index (χ1n) is 14.5. The number of halogens is 1. The number of rotatable bonds is 11. The summed E-state index contributed by atoms with van der Waals surface area (Å²) in [5.41, 5.74) is 4.62. The van der Waals surface area contributed by atoms with Crippen LogP contribution in [0.3, 0.4) is 0 Å². The number of carboxylic acid groups (broad SMARTS) is 1. The lowest BCUT2D eigenvalue weighted by Crippen LogP contribution is -2.35. The summed E-state index contributed by atoms with van der Waals surface area (Å²) < 4.78 is 44.3. The number of anilines is 3. The number of nitrogens with zero attached hydrogens (tertiary/aromatic N) is 4. The minimum absolute atomic E-state index is 0.250. The van der Waals surface area contributed by atoms with Gasteiger partial charge in [0.25, 0.3) is 16.5 Å². The second-order valence-corrected chi connectivity index (χ2v) is 12.1. The molecular weight excluding hydrogens is 595 g/mol. The minimum atomic E-state index is -4.07. The Bertz CT molecular complexity index is 1860. The number of hydrogen-bond donors (Lipinski definition) is 3. The lowest BCUT2D eigenvalue weighted by molar-refractivity contribution is -0.122. The van der Waals surface area contributed by atoms with Crippen molar-refractivity contribution in [3.8, 4) is 11.3 Å². The van der Waals surface area contributed by atoms with Gasteiger partial charge in [-0.15, -0.1) is 0 Å². The van der Waals surface area contributed by atoms with Crippen LogP contribution in [0.15, 0.2) is 90.2 Å². The van der Waals surface area contributed by atoms with Gasteiger partial charge in [-0.2, -0.15) is 0 Å². The van der Waals surface area contributed by atoms with Gasteiger partial charge in [-0.1, -0.05) is 26.0 Å². The number of fused-ring (bicyclic) bond motifs is 1. The highest BCUT2D eigenvalue weighted by molar-refractivity contribution is 7.92. The van der Waals surface area contributed by atoms with Crippen molar-refractivity contribution in [1.82, 2.24) is 19.4 Å². The first kappa shape index (κ1) is 33.1. The maximum Gasteiger partial charge on any atom is 0.290 e. The summed E-state index contributed by atoms with van der Waals surface area (Å²) in [7, 11) is -4.07. The van der Waals surface area contributed by atoms with E-state index in [0.29, 0.717) is 28.8 Å². The molecule has 10 nitrogen and oxygen atoms in total. The molecule has 5 aromatic rings. The van der Waals surface area contributed by atoms with E-state index in [9.17, 15) is 12.8 Å². The van der Waals surface area contributed by atoms with E-state index < -0.39 is 20.7 Å². The third-order valence-corrected chi connectivity index (χ3v) is 8.83. The summed E-state index contributed by atoms with van der Waals surface area (Å²) >= 11 is 0. The van der Waals surface area contributed by atoms with E-state index in [1.807, 2.05) is 6.07 Å². The van der Waals surface area contributed by atoms with E-state index in [1.165, 1.54) is 24.0 Å². The molecule has 0 aliphatic heterocycles. The van der Waals surface area contributed by atoms with Gasteiger partial charge in [0.2, 0.25) is 0 Å². The van der Waals surface area contributed by atoms with Crippen molar-refractivity contribution in [1.29, 1.82) is 0 Å². The van der Waals surface area contributed by atoms with Crippen LogP contribution >= 0.6 is 0 Å². The molecule has 0 aliphatic rings. The molecule has 0 radical (unpaired) electrons. The molecule has 5 rings (SSSR count). The molecule has 0 fully saturated rings. The van der Waals surface area contributed by atoms with Gasteiger partial charge in [0, 0.05) is 52.7 Å². The monoisotopic (exact) mass is 632 g/mol. The number of nitrogens with one attached hydrogen (secondary N) is 2. The maximum absolute atomic E-state index is 14.2. The zero-order chi connectivity index (χ0) is 32.6. The van der Waals surface area contributed by atoms with Crippen LogP contribution in [0.2, 0.25) is 0 Å². The van der Waals surface area contributed by atoms with Crippen molar-refractivity contribution in [2.75, 3.05) is 23.1 Å². The maximum atomic E-state index is 14.2. The zero-order valence-corrected chi connectivity index (χ0v) is 26.4. The molecule has 1 unspecified atom stereocenters. The van der Waals surface area contributed by atoms with Crippen LogP contribution in [0.5, 0.6) is 0 Å². The molecular formula is C33H37FN6O4S. The van der Waals surface area contributed by atoms with Gasteiger partial charge in [-0.3, -0.25) is 14.4 Å². The summed E-state index contributed by atoms with van der Waals surface area (Å²) in [6.07, 6.45) is 3.65. The Labute approximate surface area is 262 Å². The Balaban J connectivity index is 0.00000148. The van der Waals surface area contributed by atoms with E-state index in [2.05, 4.69) is 80.7 Å². The Hall–Kier alpha value is -4.81. The number of aryl methyl sites for hydroxylation is 1. The van der Waals surface area contributed by atoms with Gasteiger partial charge in [0.05, 0.1) is 5.69 Å². The molecule has 3 aromatic carbocycles. The van der Waals surface area contributed by atoms with Crippen molar-refractivity contribution in [2.24, 2.45) is 0 Å². The normalized spacial score (nSPS) is 12.0. The lowest BCUT2D eigenvalue weighted by atomic mass is 10.1. The minimum Gasteiger partial charge on any atom is -0.483 e. The lowest BCUT2D eigenvalue weighted by Gasteiger charge is -2.27. The topological polar surface area (TPSA) is 129 Å². The van der Waals surface area contributed by atoms with E-state index >= 15 is 0 Å². The van der Waals surface area contributed by atoms with Gasteiger partial charge >= 0.3 is 0 Å². The van der Waals surface area contributed by atoms with Crippen molar-refractivity contribution in [2.45, 2.75) is 45.2 Å². The standard InChI is InChI=1S/C32H35FN6O2S.CH2O2/c1-5-38(6-2)23(4)20-39-16-15-25-18-24(8-13-30(25)39)29-19-32(35-21-34-29)36-26-9-11-27(12-10-26)37-42(40,41)31-14-7-22(3)17-28(31)33;2-1-3/h7-19,21,23,37H,5-6,20H2,1-4H3,(H,34,35,36);1H,(H,2,3). The Morgan fingerprint density at radius 2 is 1.67 bits per heavy atom. The molecule has 3 N–H and O–H groups in total. The highest BCUT2D eigenvalue weighted by Gasteiger charge is 2.19. The quantitative estimate of drug-likeness (QED) is 0.140. The molecule has 0 amide bonds. The number of benzene rings is 3. The summed E-state index contributed by atoms with van der Waals surface area (Å²) in [4.78, 5) is 19.2. The molecule has 1 atom stereocenters. The van der Waals surface area contributed by atoms with E-state index in [4.69, 9.17) is 9.90 Å². The molecule has 0 saturated heterocycles. The van der Waals surface area contributed by atoms with Crippen molar-refractivity contribution in [3.63, 3.8) is 0 Å². The molecule has 0 bridgehead atoms. The van der Waals surface area contributed by atoms with Crippen LogP contribution in [0.1, 0.15) is 26.3 Å². The third-order valence-electron chi connectivity index (χ3n) is 7.42. The number of hydrogen-bond acceptors (Lipinski definition) is 7. The van der Waals surface area contributed by atoms with Gasteiger partial charge in [-0.05, 0) is 87.1 Å². The highest BCUT2D eigenvalue weighted by atomic mass is 32.2. The first-order valence-corrected chi connectivity index (χ1v) is 16.0. The fourth-order valence-electron chi connectivity index (χ4n) is 5.15. The largest absolute Gasteiger partial charge is 0.483 e. The Morgan fingerprint density at radius 3 is 2.33 bits per heavy atom.